The van der Waals surface area contributed by atoms with Gasteiger partial charge in [-0.15, -0.1) is 0 Å². The summed E-state index contributed by atoms with van der Waals surface area (Å²) in [5, 5.41) is 15.1. The Morgan fingerprint density at radius 2 is 1.73 bits per heavy atom. The van der Waals surface area contributed by atoms with Crippen molar-refractivity contribution in [2.75, 3.05) is 10.6 Å². The standard InChI is InChI=1S/C16H13N3O2S/c20-13-8-6-12(7-9-13)18-15(21)19-16-17-10-14(22-16)11-4-2-1-3-5-11/h1-10,20H,(H2,17,18,19,21). The van der Waals surface area contributed by atoms with Crippen LogP contribution >= 0.6 is 11.3 Å². The molecule has 0 unspecified atom stereocenters. The molecule has 2 amide bonds. The molecule has 3 rings (SSSR count). The summed E-state index contributed by atoms with van der Waals surface area (Å²) >= 11 is 1.40. The van der Waals surface area contributed by atoms with Crippen molar-refractivity contribution in [2.45, 2.75) is 0 Å². The molecule has 6 heteroatoms. The van der Waals surface area contributed by atoms with Crippen LogP contribution in [0.4, 0.5) is 15.6 Å². The Balaban J connectivity index is 1.65. The molecule has 0 aliphatic rings. The first-order chi connectivity index (χ1) is 10.7. The maximum atomic E-state index is 11.9. The van der Waals surface area contributed by atoms with Gasteiger partial charge < -0.3 is 10.4 Å². The molecule has 3 N–H and O–H groups in total. The lowest BCUT2D eigenvalue weighted by atomic mass is 10.2. The Morgan fingerprint density at radius 1 is 1.00 bits per heavy atom. The molecular weight excluding hydrogens is 298 g/mol. The number of aromatic hydroxyl groups is 1. The SMILES string of the molecule is O=C(Nc1ccc(O)cc1)Nc1ncc(-c2ccccc2)s1. The largest absolute Gasteiger partial charge is 0.508 e. The van der Waals surface area contributed by atoms with Gasteiger partial charge in [-0.2, -0.15) is 0 Å². The number of phenols is 1. The number of benzene rings is 2. The van der Waals surface area contributed by atoms with Crippen molar-refractivity contribution in [3.63, 3.8) is 0 Å². The molecular formula is C16H13N3O2S. The fraction of sp³-hybridized carbons (Fsp3) is 0. The zero-order chi connectivity index (χ0) is 15.4. The van der Waals surface area contributed by atoms with Gasteiger partial charge in [0.2, 0.25) is 0 Å². The van der Waals surface area contributed by atoms with E-state index in [0.29, 0.717) is 10.8 Å². The van der Waals surface area contributed by atoms with E-state index in [4.69, 9.17) is 0 Å². The number of hydrogen-bond donors (Lipinski definition) is 3. The minimum atomic E-state index is -0.375. The van der Waals surface area contributed by atoms with E-state index in [9.17, 15) is 9.90 Å². The van der Waals surface area contributed by atoms with Gasteiger partial charge in [-0.25, -0.2) is 9.78 Å². The Bertz CT molecular complexity index is 770. The molecule has 22 heavy (non-hydrogen) atoms. The van der Waals surface area contributed by atoms with Crippen LogP contribution < -0.4 is 10.6 Å². The molecule has 0 aliphatic carbocycles. The Labute approximate surface area is 131 Å². The average Bonchev–Trinajstić information content (AvgIpc) is 2.99. The third kappa shape index (κ3) is 3.42. The van der Waals surface area contributed by atoms with Crippen LogP contribution in [0.5, 0.6) is 5.75 Å². The number of rotatable bonds is 3. The molecule has 0 radical (unpaired) electrons. The number of carbonyl (C=O) groups excluding carboxylic acids is 1. The third-order valence-corrected chi connectivity index (χ3v) is 3.87. The zero-order valence-electron chi connectivity index (χ0n) is 11.5. The number of amides is 2. The maximum Gasteiger partial charge on any atom is 0.325 e. The van der Waals surface area contributed by atoms with Crippen LogP contribution in [0, 0.1) is 0 Å². The Kier molecular flexibility index (Phi) is 4.02. The van der Waals surface area contributed by atoms with E-state index in [2.05, 4.69) is 15.6 Å². The third-order valence-electron chi connectivity index (χ3n) is 2.91. The topological polar surface area (TPSA) is 74.2 Å². The van der Waals surface area contributed by atoms with Gasteiger partial charge in [0, 0.05) is 11.9 Å². The van der Waals surface area contributed by atoms with Gasteiger partial charge in [-0.05, 0) is 29.8 Å². The van der Waals surface area contributed by atoms with Crippen molar-refractivity contribution < 1.29 is 9.90 Å². The van der Waals surface area contributed by atoms with Gasteiger partial charge in [0.25, 0.3) is 0 Å². The number of aromatic nitrogens is 1. The van der Waals surface area contributed by atoms with E-state index in [0.717, 1.165) is 10.4 Å². The van der Waals surface area contributed by atoms with Crippen LogP contribution in [-0.4, -0.2) is 16.1 Å². The molecule has 0 spiro atoms. The van der Waals surface area contributed by atoms with E-state index in [-0.39, 0.29) is 11.8 Å². The first-order valence-electron chi connectivity index (χ1n) is 6.59. The molecule has 0 atom stereocenters. The molecule has 3 aromatic rings. The highest BCUT2D eigenvalue weighted by molar-refractivity contribution is 7.19. The molecule has 110 valence electrons. The number of carbonyl (C=O) groups is 1. The van der Waals surface area contributed by atoms with Gasteiger partial charge >= 0.3 is 6.03 Å². The number of nitrogens with zero attached hydrogens (tertiary/aromatic N) is 1. The van der Waals surface area contributed by atoms with Crippen molar-refractivity contribution in [1.82, 2.24) is 4.98 Å². The van der Waals surface area contributed by atoms with E-state index in [1.54, 1.807) is 18.3 Å². The monoisotopic (exact) mass is 311 g/mol. The lowest BCUT2D eigenvalue weighted by Crippen LogP contribution is -2.19. The highest BCUT2D eigenvalue weighted by Crippen LogP contribution is 2.28. The number of anilines is 2. The molecule has 0 bridgehead atoms. The minimum Gasteiger partial charge on any atom is -0.508 e. The predicted molar refractivity (Wildman–Crippen MR) is 88.3 cm³/mol. The van der Waals surface area contributed by atoms with Gasteiger partial charge in [0.05, 0.1) is 4.88 Å². The smallest absolute Gasteiger partial charge is 0.325 e. The molecule has 1 aromatic heterocycles. The van der Waals surface area contributed by atoms with Crippen LogP contribution in [0.15, 0.2) is 60.8 Å². The van der Waals surface area contributed by atoms with Crippen LogP contribution in [0.3, 0.4) is 0 Å². The lowest BCUT2D eigenvalue weighted by Gasteiger charge is -2.05. The number of thiazole rings is 1. The number of nitrogens with one attached hydrogen (secondary N) is 2. The highest BCUT2D eigenvalue weighted by atomic mass is 32.1. The molecule has 0 aliphatic heterocycles. The summed E-state index contributed by atoms with van der Waals surface area (Å²) in [5.41, 5.74) is 1.65. The van der Waals surface area contributed by atoms with E-state index in [1.165, 1.54) is 23.5 Å². The summed E-state index contributed by atoms with van der Waals surface area (Å²) in [4.78, 5) is 17.1. The summed E-state index contributed by atoms with van der Waals surface area (Å²) in [6.07, 6.45) is 1.73. The van der Waals surface area contributed by atoms with Gasteiger partial charge in [-0.1, -0.05) is 41.7 Å². The van der Waals surface area contributed by atoms with Gasteiger partial charge in [0.1, 0.15) is 5.75 Å². The fourth-order valence-corrected chi connectivity index (χ4v) is 2.69. The van der Waals surface area contributed by atoms with Gasteiger partial charge in [0.15, 0.2) is 5.13 Å². The molecule has 5 nitrogen and oxygen atoms in total. The van der Waals surface area contributed by atoms with Gasteiger partial charge in [-0.3, -0.25) is 5.32 Å². The molecule has 0 saturated heterocycles. The first kappa shape index (κ1) is 14.1. The van der Waals surface area contributed by atoms with Crippen LogP contribution in [0.2, 0.25) is 0 Å². The van der Waals surface area contributed by atoms with Crippen molar-refractivity contribution in [3.05, 3.63) is 60.8 Å². The quantitative estimate of drug-likeness (QED) is 0.636. The van der Waals surface area contributed by atoms with Crippen LogP contribution in [-0.2, 0) is 0 Å². The summed E-state index contributed by atoms with van der Waals surface area (Å²) < 4.78 is 0. The number of hydrogen-bond acceptors (Lipinski definition) is 4. The molecule has 0 saturated carbocycles. The highest BCUT2D eigenvalue weighted by Gasteiger charge is 2.08. The van der Waals surface area contributed by atoms with E-state index >= 15 is 0 Å². The lowest BCUT2D eigenvalue weighted by molar-refractivity contribution is 0.262. The Hall–Kier alpha value is -2.86. The van der Waals surface area contributed by atoms with Crippen molar-refractivity contribution in [3.8, 4) is 16.2 Å². The summed E-state index contributed by atoms with van der Waals surface area (Å²) in [6.45, 7) is 0. The van der Waals surface area contributed by atoms with Crippen LogP contribution in [0.25, 0.3) is 10.4 Å². The van der Waals surface area contributed by atoms with Crippen LogP contribution in [0.1, 0.15) is 0 Å². The first-order valence-corrected chi connectivity index (χ1v) is 7.41. The van der Waals surface area contributed by atoms with Crippen molar-refractivity contribution in [2.24, 2.45) is 0 Å². The van der Waals surface area contributed by atoms with Crippen molar-refractivity contribution >= 4 is 28.2 Å². The summed E-state index contributed by atoms with van der Waals surface area (Å²) in [7, 11) is 0. The van der Waals surface area contributed by atoms with E-state index in [1.807, 2.05) is 30.3 Å². The minimum absolute atomic E-state index is 0.151. The number of urea groups is 1. The molecule has 0 fully saturated rings. The molecule has 1 heterocycles. The maximum absolute atomic E-state index is 11.9. The second kappa shape index (κ2) is 6.28. The average molecular weight is 311 g/mol. The summed E-state index contributed by atoms with van der Waals surface area (Å²) in [5.74, 6) is 0.151. The summed E-state index contributed by atoms with van der Waals surface area (Å²) in [6, 6.07) is 15.7. The Morgan fingerprint density at radius 3 is 2.45 bits per heavy atom. The predicted octanol–water partition coefficient (Wildman–Crippen LogP) is 4.16. The second-order valence-electron chi connectivity index (χ2n) is 4.52. The van der Waals surface area contributed by atoms with E-state index < -0.39 is 0 Å². The van der Waals surface area contributed by atoms with Crippen molar-refractivity contribution in [1.29, 1.82) is 0 Å². The second-order valence-corrected chi connectivity index (χ2v) is 5.55. The molecule has 2 aromatic carbocycles. The number of phenolic OH excluding ortho intramolecular Hbond substituents is 1. The zero-order valence-corrected chi connectivity index (χ0v) is 12.3. The normalized spacial score (nSPS) is 10.2. The fourth-order valence-electron chi connectivity index (χ4n) is 1.87.